The molecule has 0 spiro atoms. The van der Waals surface area contributed by atoms with Crippen LogP contribution in [0.25, 0.3) is 0 Å². The number of carbonyl (C=O) groups is 2. The molecule has 0 fully saturated rings. The molecule has 0 heterocycles. The number of aliphatic hydroxyl groups excluding tert-OH is 3. The van der Waals surface area contributed by atoms with E-state index in [4.69, 9.17) is 14.0 Å². The molecule has 0 aliphatic rings. The molecule has 386 valence electrons. The summed E-state index contributed by atoms with van der Waals surface area (Å²) in [6.45, 7) is 0.248. The van der Waals surface area contributed by atoms with E-state index in [-0.39, 0.29) is 12.8 Å². The van der Waals surface area contributed by atoms with Gasteiger partial charge in [-0.2, -0.15) is 0 Å². The number of carbonyl (C=O) groups excluding carboxylic acids is 2. The number of ether oxygens (including phenoxy) is 2. The first-order valence-corrected chi connectivity index (χ1v) is 28.0. The third kappa shape index (κ3) is 47.1. The molecule has 15 nitrogen and oxygen atoms in total. The minimum absolute atomic E-state index is 0.149. The molecule has 5 unspecified atom stereocenters. The first kappa shape index (κ1) is 64.0. The molecule has 0 bridgehead atoms. The maximum Gasteiger partial charge on any atom is 0.472 e. The van der Waals surface area contributed by atoms with Crippen molar-refractivity contribution in [2.45, 2.75) is 212 Å². The van der Waals surface area contributed by atoms with Crippen LogP contribution in [0.15, 0.2) is 48.6 Å². The van der Waals surface area contributed by atoms with Crippen molar-refractivity contribution in [3.05, 3.63) is 48.6 Å². The third-order valence-electron chi connectivity index (χ3n) is 10.4. The van der Waals surface area contributed by atoms with Crippen LogP contribution in [0.1, 0.15) is 194 Å². The lowest BCUT2D eigenvalue weighted by Crippen LogP contribution is -2.25. The Morgan fingerprint density at radius 3 is 1.05 bits per heavy atom. The number of esters is 2. The Kier molecular flexibility index (Phi) is 44.1. The van der Waals surface area contributed by atoms with Crippen LogP contribution in [-0.2, 0) is 46.3 Å². The van der Waals surface area contributed by atoms with Crippen LogP contribution in [-0.4, -0.2) is 95.0 Å². The Balaban J connectivity index is 3.85. The van der Waals surface area contributed by atoms with Crippen molar-refractivity contribution < 1.29 is 71.4 Å². The molecule has 0 aliphatic heterocycles. The number of hydrogen-bond acceptors (Lipinski definition) is 13. The van der Waals surface area contributed by atoms with E-state index in [1.807, 2.05) is 42.5 Å². The molecule has 66 heavy (non-hydrogen) atoms. The number of unbranched alkanes of at least 4 members (excludes halogenated alkanes) is 23. The largest absolute Gasteiger partial charge is 0.472 e. The quantitative estimate of drug-likeness (QED) is 0.0165. The van der Waals surface area contributed by atoms with Gasteiger partial charge in [-0.1, -0.05) is 197 Å². The molecule has 0 aromatic carbocycles. The van der Waals surface area contributed by atoms with Gasteiger partial charge in [0, 0.05) is 12.8 Å². The van der Waals surface area contributed by atoms with Gasteiger partial charge in [0.25, 0.3) is 0 Å². The lowest BCUT2D eigenvalue weighted by molar-refractivity contribution is -0.148. The van der Waals surface area contributed by atoms with Gasteiger partial charge in [-0.15, -0.1) is 0 Å². The molecule has 0 saturated carbocycles. The Labute approximate surface area is 398 Å². The number of phosphoric acid groups is 2. The zero-order valence-corrected chi connectivity index (χ0v) is 42.4. The summed E-state index contributed by atoms with van der Waals surface area (Å²) >= 11 is 0. The van der Waals surface area contributed by atoms with E-state index in [1.165, 1.54) is 109 Å². The zero-order chi connectivity index (χ0) is 48.8. The average Bonchev–Trinajstić information content (AvgIpc) is 3.29. The highest BCUT2D eigenvalue weighted by Crippen LogP contribution is 2.45. The molecule has 0 amide bonds. The monoisotopic (exact) mass is 981 g/mol. The summed E-state index contributed by atoms with van der Waals surface area (Å²) in [4.78, 5) is 43.7. The first-order chi connectivity index (χ1) is 31.8. The van der Waals surface area contributed by atoms with Gasteiger partial charge in [0.1, 0.15) is 31.5 Å². The number of aliphatic hydroxyl groups is 3. The summed E-state index contributed by atoms with van der Waals surface area (Å²) in [7, 11) is -9.58. The summed E-state index contributed by atoms with van der Waals surface area (Å²) in [6.07, 6.45) is 42.6. The normalized spacial score (nSPS) is 15.4. The predicted molar refractivity (Wildman–Crippen MR) is 261 cm³/mol. The Morgan fingerprint density at radius 1 is 0.409 bits per heavy atom. The molecule has 5 atom stereocenters. The minimum atomic E-state index is -4.79. The van der Waals surface area contributed by atoms with E-state index < -0.39 is 85.5 Å². The second-order valence-electron chi connectivity index (χ2n) is 16.9. The Bertz CT molecular complexity index is 1370. The van der Waals surface area contributed by atoms with Crippen LogP contribution >= 0.6 is 15.6 Å². The standard InChI is InChI=1S/C49H90O15P2/c1-3-5-7-9-11-13-15-17-18-19-20-21-22-23-24-26-28-30-32-34-36-38-49(54)60-40-46(51)42-62-66(57,58)64-44-47(52)43-63-65(55,56)61-41-45(50)39-59-48(53)37-35-33-31-29-27-25-16-14-12-10-8-6-4-2/h6,8,10,12,14,16,25,27,45-47,50-52H,3-5,7,9,11,13,15,17-24,26,28-44H2,1-2H3,(H,55,56)(H,57,58)/b8-6+,12-10+,16-14-,27-25-. The molecule has 0 rings (SSSR count). The van der Waals surface area contributed by atoms with Gasteiger partial charge < -0.3 is 34.6 Å². The van der Waals surface area contributed by atoms with Crippen molar-refractivity contribution in [2.75, 3.05) is 39.6 Å². The second-order valence-corrected chi connectivity index (χ2v) is 19.8. The number of rotatable bonds is 48. The molecule has 0 saturated heterocycles. The van der Waals surface area contributed by atoms with Crippen molar-refractivity contribution in [1.29, 1.82) is 0 Å². The lowest BCUT2D eigenvalue weighted by Gasteiger charge is -2.19. The smallest absolute Gasteiger partial charge is 0.463 e. The van der Waals surface area contributed by atoms with Gasteiger partial charge >= 0.3 is 27.6 Å². The fourth-order valence-electron chi connectivity index (χ4n) is 6.52. The molecule has 17 heteroatoms. The van der Waals surface area contributed by atoms with Gasteiger partial charge in [0.15, 0.2) is 0 Å². The van der Waals surface area contributed by atoms with Crippen molar-refractivity contribution in [1.82, 2.24) is 0 Å². The summed E-state index contributed by atoms with van der Waals surface area (Å²) in [6, 6.07) is 0. The Hall–Kier alpha value is -2.00. The molecule has 0 aromatic rings. The van der Waals surface area contributed by atoms with Crippen LogP contribution in [0.2, 0.25) is 0 Å². The fourth-order valence-corrected chi connectivity index (χ4v) is 8.11. The molecular weight excluding hydrogens is 890 g/mol. The van der Waals surface area contributed by atoms with E-state index in [1.54, 1.807) is 0 Å². The van der Waals surface area contributed by atoms with Crippen LogP contribution in [0.4, 0.5) is 0 Å². The topological polar surface area (TPSA) is 225 Å². The highest BCUT2D eigenvalue weighted by Gasteiger charge is 2.28. The predicted octanol–water partition coefficient (Wildman–Crippen LogP) is 11.6. The highest BCUT2D eigenvalue weighted by atomic mass is 31.2. The fraction of sp³-hybridized carbons (Fsp3) is 0.796. The first-order valence-electron chi connectivity index (χ1n) is 25.0. The SMILES string of the molecule is CC/C=C/C=C/C=C\C=C/CCCCCC(=O)OCC(O)COP(=O)(O)OCC(O)COP(=O)(O)OCC(O)COC(=O)CCCCCCCCCCCCCCCCCCCCCCC. The average molecular weight is 981 g/mol. The number of phosphoric ester groups is 2. The van der Waals surface area contributed by atoms with Gasteiger partial charge in [-0.25, -0.2) is 9.13 Å². The van der Waals surface area contributed by atoms with Gasteiger partial charge in [0.05, 0.1) is 26.4 Å². The summed E-state index contributed by atoms with van der Waals surface area (Å²) in [5.74, 6) is -1.03. The highest BCUT2D eigenvalue weighted by molar-refractivity contribution is 7.47. The van der Waals surface area contributed by atoms with Crippen LogP contribution in [0, 0.1) is 0 Å². The zero-order valence-electron chi connectivity index (χ0n) is 40.6. The van der Waals surface area contributed by atoms with Crippen molar-refractivity contribution in [2.24, 2.45) is 0 Å². The van der Waals surface area contributed by atoms with Gasteiger partial charge in [0.2, 0.25) is 0 Å². The number of hydrogen-bond donors (Lipinski definition) is 5. The summed E-state index contributed by atoms with van der Waals surface area (Å²) in [5.41, 5.74) is 0. The van der Waals surface area contributed by atoms with E-state index in [9.17, 15) is 43.8 Å². The van der Waals surface area contributed by atoms with Gasteiger partial charge in [-0.05, 0) is 32.1 Å². The van der Waals surface area contributed by atoms with Crippen LogP contribution < -0.4 is 0 Å². The van der Waals surface area contributed by atoms with E-state index in [0.29, 0.717) is 12.8 Å². The summed E-state index contributed by atoms with van der Waals surface area (Å²) in [5, 5.41) is 30.0. The van der Waals surface area contributed by atoms with Crippen LogP contribution in [0.5, 0.6) is 0 Å². The lowest BCUT2D eigenvalue weighted by atomic mass is 10.0. The van der Waals surface area contributed by atoms with Gasteiger partial charge in [-0.3, -0.25) is 27.7 Å². The maximum atomic E-state index is 12.2. The molecular formula is C49H90O15P2. The van der Waals surface area contributed by atoms with Crippen molar-refractivity contribution in [3.8, 4) is 0 Å². The molecule has 5 N–H and O–H groups in total. The van der Waals surface area contributed by atoms with E-state index in [2.05, 4.69) is 33.5 Å². The van der Waals surface area contributed by atoms with Crippen molar-refractivity contribution in [3.63, 3.8) is 0 Å². The van der Waals surface area contributed by atoms with Crippen molar-refractivity contribution >= 4 is 27.6 Å². The molecule has 0 radical (unpaired) electrons. The summed E-state index contributed by atoms with van der Waals surface area (Å²) < 4.78 is 53.0. The maximum absolute atomic E-state index is 12.2. The van der Waals surface area contributed by atoms with Crippen LogP contribution in [0.3, 0.4) is 0 Å². The third-order valence-corrected chi connectivity index (χ3v) is 12.3. The minimum Gasteiger partial charge on any atom is -0.463 e. The molecule has 0 aromatic heterocycles. The number of allylic oxidation sites excluding steroid dienone is 8. The van der Waals surface area contributed by atoms with E-state index in [0.717, 1.165) is 44.9 Å². The Morgan fingerprint density at radius 2 is 0.697 bits per heavy atom. The second kappa shape index (κ2) is 45.4. The van der Waals surface area contributed by atoms with E-state index >= 15 is 0 Å². The molecule has 0 aliphatic carbocycles.